The van der Waals surface area contributed by atoms with Crippen molar-refractivity contribution in [3.63, 3.8) is 0 Å². The number of nitrogens with zero attached hydrogens (tertiary/aromatic N) is 2. The van der Waals surface area contributed by atoms with Gasteiger partial charge in [0.15, 0.2) is 15.8 Å². The van der Waals surface area contributed by atoms with Crippen molar-refractivity contribution in [3.05, 3.63) is 35.9 Å². The summed E-state index contributed by atoms with van der Waals surface area (Å²) >= 11 is 0. The lowest BCUT2D eigenvalue weighted by atomic mass is 10.2. The molecule has 1 N–H and O–H groups in total. The van der Waals surface area contributed by atoms with E-state index in [9.17, 15) is 8.42 Å². The minimum atomic E-state index is -3.07. The topological polar surface area (TPSA) is 61.8 Å². The van der Waals surface area contributed by atoms with Crippen LogP contribution in [0, 0.1) is 0 Å². The molecule has 0 aromatic heterocycles. The number of benzene rings is 1. The van der Waals surface area contributed by atoms with Crippen LogP contribution in [0.15, 0.2) is 35.3 Å². The highest BCUT2D eigenvalue weighted by Crippen LogP contribution is 2.07. The fraction of sp³-hybridized carbons (Fsp3) is 0.588. The van der Waals surface area contributed by atoms with Crippen molar-refractivity contribution >= 4 is 15.8 Å². The second-order valence-electron chi connectivity index (χ2n) is 5.68. The monoisotopic (exact) mass is 339 g/mol. The molecule has 1 aromatic rings. The summed E-state index contributed by atoms with van der Waals surface area (Å²) in [5, 5.41) is 3.23. The predicted molar refractivity (Wildman–Crippen MR) is 97.4 cm³/mol. The average molecular weight is 340 g/mol. The fourth-order valence-corrected chi connectivity index (χ4v) is 3.71. The number of guanidine groups is 1. The SMILES string of the molecule is CCCCN(C)C(=NC)NCCCS(=O)(=O)Cc1ccccc1. The molecule has 0 spiro atoms. The lowest BCUT2D eigenvalue weighted by Crippen LogP contribution is -2.40. The molecule has 0 saturated carbocycles. The molecule has 0 aliphatic rings. The Morgan fingerprint density at radius 1 is 1.22 bits per heavy atom. The Bertz CT molecular complexity index is 571. The van der Waals surface area contributed by atoms with Gasteiger partial charge in [0.1, 0.15) is 0 Å². The highest BCUT2D eigenvalue weighted by atomic mass is 32.2. The first-order valence-corrected chi connectivity index (χ1v) is 9.96. The molecule has 0 amide bonds. The van der Waals surface area contributed by atoms with E-state index >= 15 is 0 Å². The van der Waals surface area contributed by atoms with Crippen LogP contribution >= 0.6 is 0 Å². The molecular weight excluding hydrogens is 310 g/mol. The number of aliphatic imine (C=N–C) groups is 1. The van der Waals surface area contributed by atoms with Gasteiger partial charge >= 0.3 is 0 Å². The van der Waals surface area contributed by atoms with Crippen LogP contribution in [0.4, 0.5) is 0 Å². The van der Waals surface area contributed by atoms with E-state index in [0.717, 1.165) is 30.9 Å². The summed E-state index contributed by atoms with van der Waals surface area (Å²) in [5.74, 6) is 1.11. The van der Waals surface area contributed by atoms with Crippen LogP contribution in [0.25, 0.3) is 0 Å². The zero-order chi connectivity index (χ0) is 17.1. The van der Waals surface area contributed by atoms with Crippen molar-refractivity contribution in [2.45, 2.75) is 31.9 Å². The van der Waals surface area contributed by atoms with Gasteiger partial charge in [-0.3, -0.25) is 4.99 Å². The van der Waals surface area contributed by atoms with E-state index in [1.807, 2.05) is 37.4 Å². The lowest BCUT2D eigenvalue weighted by Gasteiger charge is -2.21. The number of sulfone groups is 1. The van der Waals surface area contributed by atoms with Crippen molar-refractivity contribution in [1.29, 1.82) is 0 Å². The Labute approximate surface area is 140 Å². The molecule has 130 valence electrons. The van der Waals surface area contributed by atoms with Crippen LogP contribution in [-0.2, 0) is 15.6 Å². The summed E-state index contributed by atoms with van der Waals surface area (Å²) in [6, 6.07) is 9.31. The lowest BCUT2D eigenvalue weighted by molar-refractivity contribution is 0.464. The Balaban J connectivity index is 2.35. The summed E-state index contributed by atoms with van der Waals surface area (Å²) < 4.78 is 24.2. The van der Waals surface area contributed by atoms with Gasteiger partial charge in [0, 0.05) is 27.2 Å². The van der Waals surface area contributed by atoms with E-state index in [0.29, 0.717) is 13.0 Å². The molecule has 0 fully saturated rings. The first-order chi connectivity index (χ1) is 11.0. The van der Waals surface area contributed by atoms with Crippen LogP contribution in [0.2, 0.25) is 0 Å². The zero-order valence-electron chi connectivity index (χ0n) is 14.5. The molecule has 23 heavy (non-hydrogen) atoms. The smallest absolute Gasteiger partial charge is 0.193 e. The molecule has 0 unspecified atom stereocenters. The molecule has 1 aromatic carbocycles. The zero-order valence-corrected chi connectivity index (χ0v) is 15.3. The summed E-state index contributed by atoms with van der Waals surface area (Å²) in [7, 11) is 0.677. The van der Waals surface area contributed by atoms with Crippen LogP contribution < -0.4 is 5.32 Å². The standard InChI is InChI=1S/C17H29N3O2S/c1-4-5-13-20(3)17(18-2)19-12-9-14-23(21,22)15-16-10-7-6-8-11-16/h6-8,10-11H,4-5,9,12-15H2,1-3H3,(H,18,19). The van der Waals surface area contributed by atoms with Crippen LogP contribution in [-0.4, -0.2) is 52.2 Å². The molecule has 0 atom stereocenters. The molecule has 1 rings (SSSR count). The van der Waals surface area contributed by atoms with Gasteiger partial charge in [-0.1, -0.05) is 43.7 Å². The highest BCUT2D eigenvalue weighted by molar-refractivity contribution is 7.90. The van der Waals surface area contributed by atoms with Gasteiger partial charge in [-0.25, -0.2) is 8.42 Å². The maximum Gasteiger partial charge on any atom is 0.193 e. The summed E-state index contributed by atoms with van der Waals surface area (Å²) in [5.41, 5.74) is 0.843. The van der Waals surface area contributed by atoms with Crippen LogP contribution in [0.3, 0.4) is 0 Å². The van der Waals surface area contributed by atoms with Crippen molar-refractivity contribution in [2.75, 3.05) is 32.9 Å². The Morgan fingerprint density at radius 3 is 2.52 bits per heavy atom. The molecule has 0 aliphatic heterocycles. The predicted octanol–water partition coefficient (Wildman–Crippen LogP) is 2.30. The maximum atomic E-state index is 12.1. The van der Waals surface area contributed by atoms with Gasteiger partial charge in [-0.05, 0) is 18.4 Å². The molecule has 0 saturated heterocycles. The van der Waals surface area contributed by atoms with Gasteiger partial charge in [0.25, 0.3) is 0 Å². The number of nitrogens with one attached hydrogen (secondary N) is 1. The normalized spacial score (nSPS) is 12.2. The highest BCUT2D eigenvalue weighted by Gasteiger charge is 2.12. The van der Waals surface area contributed by atoms with Crippen LogP contribution in [0.5, 0.6) is 0 Å². The van der Waals surface area contributed by atoms with Gasteiger partial charge in [0.05, 0.1) is 11.5 Å². The van der Waals surface area contributed by atoms with E-state index < -0.39 is 9.84 Å². The number of hydrogen-bond donors (Lipinski definition) is 1. The van der Waals surface area contributed by atoms with E-state index in [-0.39, 0.29) is 11.5 Å². The summed E-state index contributed by atoms with van der Waals surface area (Å²) in [6.45, 7) is 3.71. The minimum Gasteiger partial charge on any atom is -0.356 e. The van der Waals surface area contributed by atoms with E-state index in [1.54, 1.807) is 7.05 Å². The van der Waals surface area contributed by atoms with Crippen molar-refractivity contribution in [3.8, 4) is 0 Å². The van der Waals surface area contributed by atoms with Gasteiger partial charge in [-0.2, -0.15) is 0 Å². The summed E-state index contributed by atoms with van der Waals surface area (Å²) in [6.07, 6.45) is 2.83. The molecule has 0 aliphatic carbocycles. The molecule has 0 radical (unpaired) electrons. The molecular formula is C17H29N3O2S. The van der Waals surface area contributed by atoms with Gasteiger partial charge in [0.2, 0.25) is 0 Å². The van der Waals surface area contributed by atoms with E-state index in [4.69, 9.17) is 0 Å². The third kappa shape index (κ3) is 8.02. The van der Waals surface area contributed by atoms with Gasteiger partial charge in [-0.15, -0.1) is 0 Å². The Hall–Kier alpha value is -1.56. The Morgan fingerprint density at radius 2 is 1.91 bits per heavy atom. The van der Waals surface area contributed by atoms with E-state index in [2.05, 4.69) is 22.1 Å². The minimum absolute atomic E-state index is 0.110. The number of hydrogen-bond acceptors (Lipinski definition) is 3. The van der Waals surface area contributed by atoms with Gasteiger partial charge < -0.3 is 10.2 Å². The largest absolute Gasteiger partial charge is 0.356 e. The van der Waals surface area contributed by atoms with Crippen LogP contribution in [0.1, 0.15) is 31.7 Å². The summed E-state index contributed by atoms with van der Waals surface area (Å²) in [4.78, 5) is 6.30. The third-order valence-electron chi connectivity index (χ3n) is 3.57. The van der Waals surface area contributed by atoms with Crippen molar-refractivity contribution in [1.82, 2.24) is 10.2 Å². The fourth-order valence-electron chi connectivity index (χ4n) is 2.28. The first kappa shape index (κ1) is 19.5. The van der Waals surface area contributed by atoms with Crippen molar-refractivity contribution < 1.29 is 8.42 Å². The quantitative estimate of drug-likeness (QED) is 0.426. The molecule has 0 bridgehead atoms. The van der Waals surface area contributed by atoms with E-state index in [1.165, 1.54) is 0 Å². The Kier molecular flexibility index (Phi) is 8.69. The van der Waals surface area contributed by atoms with Crippen molar-refractivity contribution in [2.24, 2.45) is 4.99 Å². The third-order valence-corrected chi connectivity index (χ3v) is 5.25. The molecule has 6 heteroatoms. The second-order valence-corrected chi connectivity index (χ2v) is 7.86. The maximum absolute atomic E-state index is 12.1. The first-order valence-electron chi connectivity index (χ1n) is 8.14. The average Bonchev–Trinajstić information content (AvgIpc) is 2.53. The number of rotatable bonds is 9. The molecule has 5 nitrogen and oxygen atoms in total. The number of unbranched alkanes of at least 4 members (excludes halogenated alkanes) is 1. The second kappa shape index (κ2) is 10.3. The molecule has 0 heterocycles.